The molecule has 0 aliphatic carbocycles. The zero-order valence-corrected chi connectivity index (χ0v) is 11.8. The molecule has 0 heterocycles. The van der Waals surface area contributed by atoms with Crippen molar-refractivity contribution in [3.05, 3.63) is 69.2 Å². The lowest BCUT2D eigenvalue weighted by Crippen LogP contribution is -2.30. The third kappa shape index (κ3) is 3.27. The molecule has 0 aliphatic rings. The van der Waals surface area contributed by atoms with E-state index in [9.17, 15) is 8.78 Å². The van der Waals surface area contributed by atoms with Crippen molar-refractivity contribution in [3.8, 4) is 0 Å². The molecule has 0 saturated heterocycles. The van der Waals surface area contributed by atoms with Crippen LogP contribution in [0.5, 0.6) is 0 Å². The average molecular weight is 317 g/mol. The molecule has 2 nitrogen and oxygen atoms in total. The maximum atomic E-state index is 13.8. The molecule has 0 bridgehead atoms. The quantitative estimate of drug-likeness (QED) is 0.660. The number of halogens is 4. The molecule has 1 unspecified atom stereocenters. The second-order valence-electron chi connectivity index (χ2n) is 4.31. The van der Waals surface area contributed by atoms with Crippen molar-refractivity contribution in [1.82, 2.24) is 5.43 Å². The number of hydrogen-bond donors (Lipinski definition) is 2. The molecule has 0 spiro atoms. The van der Waals surface area contributed by atoms with Crippen molar-refractivity contribution in [3.63, 3.8) is 0 Å². The van der Waals surface area contributed by atoms with E-state index in [2.05, 4.69) is 5.43 Å². The van der Waals surface area contributed by atoms with Gasteiger partial charge in [0, 0.05) is 5.56 Å². The third-order valence-electron chi connectivity index (χ3n) is 2.98. The minimum Gasteiger partial charge on any atom is -0.271 e. The Hall–Kier alpha value is -1.20. The van der Waals surface area contributed by atoms with Crippen LogP contribution < -0.4 is 11.3 Å². The Morgan fingerprint density at radius 3 is 2.50 bits per heavy atom. The summed E-state index contributed by atoms with van der Waals surface area (Å²) in [7, 11) is 0. The van der Waals surface area contributed by atoms with Gasteiger partial charge in [0.1, 0.15) is 0 Å². The Kier molecular flexibility index (Phi) is 4.94. The third-order valence-corrected chi connectivity index (χ3v) is 3.72. The Morgan fingerprint density at radius 1 is 1.10 bits per heavy atom. The van der Waals surface area contributed by atoms with Crippen molar-refractivity contribution in [2.75, 3.05) is 0 Å². The Labute approximate surface area is 125 Å². The van der Waals surface area contributed by atoms with Gasteiger partial charge in [-0.15, -0.1) is 0 Å². The van der Waals surface area contributed by atoms with Gasteiger partial charge < -0.3 is 0 Å². The van der Waals surface area contributed by atoms with Crippen LogP contribution >= 0.6 is 23.2 Å². The average Bonchev–Trinajstić information content (AvgIpc) is 2.43. The lowest BCUT2D eigenvalue weighted by molar-refractivity contribution is 0.464. The first-order chi connectivity index (χ1) is 9.52. The maximum absolute atomic E-state index is 13.8. The molecule has 0 aromatic heterocycles. The van der Waals surface area contributed by atoms with E-state index >= 15 is 0 Å². The monoisotopic (exact) mass is 316 g/mol. The number of benzene rings is 2. The Morgan fingerprint density at radius 2 is 1.85 bits per heavy atom. The van der Waals surface area contributed by atoms with Gasteiger partial charge in [0.05, 0.1) is 16.1 Å². The van der Waals surface area contributed by atoms with Gasteiger partial charge >= 0.3 is 0 Å². The molecule has 3 N–H and O–H groups in total. The highest BCUT2D eigenvalue weighted by Crippen LogP contribution is 2.26. The highest BCUT2D eigenvalue weighted by molar-refractivity contribution is 6.42. The largest absolute Gasteiger partial charge is 0.271 e. The second kappa shape index (κ2) is 6.50. The van der Waals surface area contributed by atoms with Crippen molar-refractivity contribution in [1.29, 1.82) is 0 Å². The topological polar surface area (TPSA) is 38.0 Å². The van der Waals surface area contributed by atoms with E-state index in [4.69, 9.17) is 29.0 Å². The maximum Gasteiger partial charge on any atom is 0.163 e. The van der Waals surface area contributed by atoms with Gasteiger partial charge in [0.15, 0.2) is 11.6 Å². The Bertz CT molecular complexity index is 620. The van der Waals surface area contributed by atoms with Crippen LogP contribution in [0.2, 0.25) is 10.0 Å². The Balaban J connectivity index is 2.28. The summed E-state index contributed by atoms with van der Waals surface area (Å²) in [5.74, 6) is 3.63. The standard InChI is InChI=1S/C14H12Cl2F2N2/c15-10-5-4-8(6-11(10)16)7-13(20-19)9-2-1-3-12(17)14(9)18/h1-6,13,20H,7,19H2. The number of rotatable bonds is 4. The highest BCUT2D eigenvalue weighted by atomic mass is 35.5. The summed E-state index contributed by atoms with van der Waals surface area (Å²) in [5.41, 5.74) is 3.46. The highest BCUT2D eigenvalue weighted by Gasteiger charge is 2.17. The molecule has 0 amide bonds. The first-order valence-electron chi connectivity index (χ1n) is 5.87. The molecular formula is C14H12Cl2F2N2. The molecule has 6 heteroatoms. The predicted molar refractivity (Wildman–Crippen MR) is 76.6 cm³/mol. The zero-order chi connectivity index (χ0) is 14.7. The van der Waals surface area contributed by atoms with E-state index in [-0.39, 0.29) is 5.56 Å². The second-order valence-corrected chi connectivity index (χ2v) is 5.13. The molecular weight excluding hydrogens is 305 g/mol. The fourth-order valence-electron chi connectivity index (χ4n) is 1.95. The smallest absolute Gasteiger partial charge is 0.163 e. The molecule has 2 aromatic carbocycles. The first-order valence-corrected chi connectivity index (χ1v) is 6.62. The number of hydrazine groups is 1. The number of hydrogen-bond acceptors (Lipinski definition) is 2. The summed E-state index contributed by atoms with van der Waals surface area (Å²) >= 11 is 11.8. The summed E-state index contributed by atoms with van der Waals surface area (Å²) < 4.78 is 27.0. The molecule has 2 aromatic rings. The number of nitrogens with two attached hydrogens (primary N) is 1. The van der Waals surface area contributed by atoms with Crippen LogP contribution in [0.25, 0.3) is 0 Å². The lowest BCUT2D eigenvalue weighted by atomic mass is 9.99. The molecule has 0 radical (unpaired) electrons. The van der Waals surface area contributed by atoms with Crippen LogP contribution in [0.1, 0.15) is 17.2 Å². The molecule has 0 saturated carbocycles. The predicted octanol–water partition coefficient (Wildman–Crippen LogP) is 4.02. The zero-order valence-electron chi connectivity index (χ0n) is 10.3. The van der Waals surface area contributed by atoms with Crippen LogP contribution in [0, 0.1) is 11.6 Å². The minimum absolute atomic E-state index is 0.165. The van der Waals surface area contributed by atoms with Gasteiger partial charge in [-0.1, -0.05) is 41.4 Å². The molecule has 106 valence electrons. The molecule has 1 atom stereocenters. The van der Waals surface area contributed by atoms with Crippen molar-refractivity contribution < 1.29 is 8.78 Å². The van der Waals surface area contributed by atoms with E-state index in [1.54, 1.807) is 18.2 Å². The number of nitrogens with one attached hydrogen (secondary N) is 1. The van der Waals surface area contributed by atoms with Crippen LogP contribution in [0.3, 0.4) is 0 Å². The summed E-state index contributed by atoms with van der Waals surface area (Å²) in [6.45, 7) is 0. The summed E-state index contributed by atoms with van der Waals surface area (Å²) in [6.07, 6.45) is 0.355. The van der Waals surface area contributed by atoms with Gasteiger partial charge in [-0.25, -0.2) is 8.78 Å². The van der Waals surface area contributed by atoms with Crippen molar-refractivity contribution in [2.24, 2.45) is 5.84 Å². The van der Waals surface area contributed by atoms with E-state index in [1.807, 2.05) is 0 Å². The normalized spacial score (nSPS) is 12.4. The van der Waals surface area contributed by atoms with Crippen LogP contribution in [0.4, 0.5) is 8.78 Å². The van der Waals surface area contributed by atoms with Crippen LogP contribution in [0.15, 0.2) is 36.4 Å². The SMILES string of the molecule is NNC(Cc1ccc(Cl)c(Cl)c1)c1cccc(F)c1F. The van der Waals surface area contributed by atoms with Gasteiger partial charge in [-0.05, 0) is 30.2 Å². The van der Waals surface area contributed by atoms with Crippen LogP contribution in [-0.4, -0.2) is 0 Å². The summed E-state index contributed by atoms with van der Waals surface area (Å²) in [6, 6.07) is 8.50. The van der Waals surface area contributed by atoms with E-state index in [0.717, 1.165) is 11.6 Å². The van der Waals surface area contributed by atoms with E-state index in [0.29, 0.717) is 16.5 Å². The van der Waals surface area contributed by atoms with Gasteiger partial charge in [-0.2, -0.15) is 0 Å². The van der Waals surface area contributed by atoms with E-state index < -0.39 is 17.7 Å². The molecule has 0 fully saturated rings. The van der Waals surface area contributed by atoms with Gasteiger partial charge in [0.25, 0.3) is 0 Å². The fourth-order valence-corrected chi connectivity index (χ4v) is 2.27. The van der Waals surface area contributed by atoms with Crippen LogP contribution in [-0.2, 0) is 6.42 Å². The van der Waals surface area contributed by atoms with Gasteiger partial charge in [0.2, 0.25) is 0 Å². The molecule has 0 aliphatic heterocycles. The first kappa shape index (κ1) is 15.2. The van der Waals surface area contributed by atoms with E-state index in [1.165, 1.54) is 12.1 Å². The van der Waals surface area contributed by atoms with Crippen molar-refractivity contribution >= 4 is 23.2 Å². The lowest BCUT2D eigenvalue weighted by Gasteiger charge is -2.17. The molecule has 20 heavy (non-hydrogen) atoms. The van der Waals surface area contributed by atoms with Gasteiger partial charge in [-0.3, -0.25) is 11.3 Å². The summed E-state index contributed by atoms with van der Waals surface area (Å²) in [5, 5.41) is 0.837. The summed E-state index contributed by atoms with van der Waals surface area (Å²) in [4.78, 5) is 0. The fraction of sp³-hybridized carbons (Fsp3) is 0.143. The van der Waals surface area contributed by atoms with Crippen molar-refractivity contribution in [2.45, 2.75) is 12.5 Å². The molecule has 2 rings (SSSR count). The minimum atomic E-state index is -0.907.